The number of carbonyl (C=O) groups is 1. The minimum Gasteiger partial charge on any atom is -0.378 e. The van der Waals surface area contributed by atoms with Gasteiger partial charge in [-0.15, -0.1) is 0 Å². The molecule has 34 heavy (non-hydrogen) atoms. The Balaban J connectivity index is 1.55. The van der Waals surface area contributed by atoms with E-state index in [1.807, 2.05) is 80.6 Å². The lowest BCUT2D eigenvalue weighted by atomic mass is 10.1. The number of nitrogens with one attached hydrogen (secondary N) is 3. The number of para-hydroxylation sites is 1. The van der Waals surface area contributed by atoms with E-state index in [0.717, 1.165) is 28.9 Å². The van der Waals surface area contributed by atoms with Crippen molar-refractivity contribution >= 4 is 34.1 Å². The molecule has 6 heteroatoms. The molecule has 1 aromatic heterocycles. The lowest BCUT2D eigenvalue weighted by molar-refractivity contribution is 0.0977. The van der Waals surface area contributed by atoms with Crippen molar-refractivity contribution in [1.82, 2.24) is 10.3 Å². The summed E-state index contributed by atoms with van der Waals surface area (Å²) >= 11 is 0. The second-order valence-corrected chi connectivity index (χ2v) is 8.68. The fourth-order valence-electron chi connectivity index (χ4n) is 3.92. The van der Waals surface area contributed by atoms with Gasteiger partial charge in [0, 0.05) is 54.7 Å². The summed E-state index contributed by atoms with van der Waals surface area (Å²) in [5, 5.41) is 7.51. The second-order valence-electron chi connectivity index (χ2n) is 8.68. The maximum absolute atomic E-state index is 13.1. The number of aromatic amines is 1. The normalized spacial score (nSPS) is 11.5. The number of anilines is 2. The molecule has 0 spiro atoms. The smallest absolute Gasteiger partial charge is 0.258 e. The Bertz CT molecular complexity index is 1340. The summed E-state index contributed by atoms with van der Waals surface area (Å²) < 4.78 is 0. The average Bonchev–Trinajstić information content (AvgIpc) is 3.24. The van der Waals surface area contributed by atoms with Gasteiger partial charge in [0.15, 0.2) is 0 Å². The van der Waals surface area contributed by atoms with E-state index in [1.165, 1.54) is 16.5 Å². The summed E-state index contributed by atoms with van der Waals surface area (Å²) in [6.07, 6.45) is 2.79. The number of rotatable bonds is 6. The molecular formula is C28H31N5O. The molecule has 1 amide bonds. The number of hydrogen-bond donors (Lipinski definition) is 3. The fourth-order valence-corrected chi connectivity index (χ4v) is 3.92. The van der Waals surface area contributed by atoms with Gasteiger partial charge in [0.25, 0.3) is 5.91 Å². The van der Waals surface area contributed by atoms with Gasteiger partial charge in [-0.2, -0.15) is 0 Å². The summed E-state index contributed by atoms with van der Waals surface area (Å²) in [6.45, 7) is 4.64. The van der Waals surface area contributed by atoms with Gasteiger partial charge in [0.1, 0.15) is 0 Å². The summed E-state index contributed by atoms with van der Waals surface area (Å²) in [5.41, 5.74) is 7.06. The molecule has 0 atom stereocenters. The number of nitrogens with zero attached hydrogens (tertiary/aromatic N) is 2. The van der Waals surface area contributed by atoms with Gasteiger partial charge in [-0.25, -0.2) is 0 Å². The Morgan fingerprint density at radius 1 is 1.00 bits per heavy atom. The minimum absolute atomic E-state index is 0.202. The van der Waals surface area contributed by atoms with Crippen LogP contribution in [0.1, 0.15) is 27.0 Å². The monoisotopic (exact) mass is 453 g/mol. The Hall–Kier alpha value is -4.06. The van der Waals surface area contributed by atoms with Crippen molar-refractivity contribution in [2.45, 2.75) is 20.3 Å². The molecule has 0 aliphatic heterocycles. The highest BCUT2D eigenvalue weighted by atomic mass is 16.1. The van der Waals surface area contributed by atoms with Crippen LogP contribution in [-0.4, -0.2) is 37.5 Å². The molecule has 3 aromatic carbocycles. The Morgan fingerprint density at radius 2 is 1.82 bits per heavy atom. The summed E-state index contributed by atoms with van der Waals surface area (Å²) in [7, 11) is 3.91. The number of benzene rings is 3. The molecule has 0 saturated carbocycles. The van der Waals surface area contributed by atoms with Crippen molar-refractivity contribution in [2.75, 3.05) is 30.9 Å². The van der Waals surface area contributed by atoms with Gasteiger partial charge < -0.3 is 15.2 Å². The van der Waals surface area contributed by atoms with E-state index in [9.17, 15) is 4.79 Å². The van der Waals surface area contributed by atoms with Crippen molar-refractivity contribution in [1.29, 1.82) is 0 Å². The maximum Gasteiger partial charge on any atom is 0.258 e. The molecule has 1 heterocycles. The zero-order chi connectivity index (χ0) is 24.1. The first-order chi connectivity index (χ1) is 16.4. The van der Waals surface area contributed by atoms with Crippen molar-refractivity contribution in [2.24, 2.45) is 4.99 Å². The van der Waals surface area contributed by atoms with E-state index >= 15 is 0 Å². The molecule has 0 bridgehead atoms. The Morgan fingerprint density at radius 3 is 2.62 bits per heavy atom. The van der Waals surface area contributed by atoms with E-state index in [-0.39, 0.29) is 5.91 Å². The largest absolute Gasteiger partial charge is 0.378 e. The van der Waals surface area contributed by atoms with Gasteiger partial charge >= 0.3 is 0 Å². The number of aliphatic imine (C=N–C) groups is 1. The third kappa shape index (κ3) is 5.46. The topological polar surface area (TPSA) is 72.5 Å². The lowest BCUT2D eigenvalue weighted by Gasteiger charge is -2.16. The lowest BCUT2D eigenvalue weighted by Crippen LogP contribution is -2.36. The van der Waals surface area contributed by atoms with E-state index in [1.54, 1.807) is 0 Å². The van der Waals surface area contributed by atoms with Gasteiger partial charge in [0.05, 0.1) is 0 Å². The minimum atomic E-state index is -0.202. The van der Waals surface area contributed by atoms with Crippen molar-refractivity contribution in [3.63, 3.8) is 0 Å². The van der Waals surface area contributed by atoms with E-state index < -0.39 is 0 Å². The van der Waals surface area contributed by atoms with Crippen LogP contribution < -0.4 is 15.5 Å². The van der Waals surface area contributed by atoms with Crippen LogP contribution in [0.2, 0.25) is 0 Å². The predicted molar refractivity (Wildman–Crippen MR) is 142 cm³/mol. The van der Waals surface area contributed by atoms with Crippen LogP contribution >= 0.6 is 0 Å². The van der Waals surface area contributed by atoms with Crippen LogP contribution in [0.3, 0.4) is 0 Å². The van der Waals surface area contributed by atoms with Crippen LogP contribution in [0.15, 0.2) is 77.9 Å². The highest BCUT2D eigenvalue weighted by molar-refractivity contribution is 6.10. The van der Waals surface area contributed by atoms with Crippen molar-refractivity contribution in [3.05, 3.63) is 95.2 Å². The molecule has 0 aliphatic carbocycles. The van der Waals surface area contributed by atoms with E-state index in [2.05, 4.69) is 40.7 Å². The molecule has 4 aromatic rings. The standard InChI is InChI=1S/C28H31N5O/c1-19-12-13-25(20(2)16-19)31-28(32-27(34)21-8-7-9-23(17-21)33(3)4)29-15-14-22-18-30-26-11-6-5-10-24(22)26/h5-13,16-18,30H,14-15H2,1-4H3,(H2,29,31,32,34). The quantitative estimate of drug-likeness (QED) is 0.274. The predicted octanol–water partition coefficient (Wildman–Crippen LogP) is 5.29. The number of guanidine groups is 1. The van der Waals surface area contributed by atoms with Gasteiger partial charge in [-0.05, 0) is 61.7 Å². The Labute approximate surface area is 200 Å². The number of H-pyrrole nitrogens is 1. The van der Waals surface area contributed by atoms with Gasteiger partial charge in [-0.1, -0.05) is 42.0 Å². The highest BCUT2D eigenvalue weighted by Gasteiger charge is 2.12. The molecule has 4 rings (SSSR count). The zero-order valence-corrected chi connectivity index (χ0v) is 20.1. The molecule has 0 saturated heterocycles. The molecular weight excluding hydrogens is 422 g/mol. The first-order valence-electron chi connectivity index (χ1n) is 11.4. The first kappa shape index (κ1) is 23.1. The number of aromatic nitrogens is 1. The first-order valence-corrected chi connectivity index (χ1v) is 11.4. The molecule has 0 aliphatic rings. The van der Waals surface area contributed by atoms with E-state index in [0.29, 0.717) is 18.1 Å². The Kier molecular flexibility index (Phi) is 6.97. The SMILES string of the molecule is Cc1ccc(NC(=NCCc2c[nH]c3ccccc23)NC(=O)c2cccc(N(C)C)c2)c(C)c1. The summed E-state index contributed by atoms with van der Waals surface area (Å²) in [4.78, 5) is 23.1. The third-order valence-electron chi connectivity index (χ3n) is 5.82. The number of fused-ring (bicyclic) bond motifs is 1. The molecule has 174 valence electrons. The molecule has 0 radical (unpaired) electrons. The molecule has 0 unspecified atom stereocenters. The molecule has 3 N–H and O–H groups in total. The molecule has 6 nitrogen and oxygen atoms in total. The van der Waals surface area contributed by atoms with Crippen LogP contribution in [0.5, 0.6) is 0 Å². The van der Waals surface area contributed by atoms with Crippen molar-refractivity contribution in [3.8, 4) is 0 Å². The van der Waals surface area contributed by atoms with Gasteiger partial charge in [0.2, 0.25) is 5.96 Å². The number of aryl methyl sites for hydroxylation is 2. The maximum atomic E-state index is 13.1. The number of amides is 1. The van der Waals surface area contributed by atoms with Crippen LogP contribution in [0.25, 0.3) is 10.9 Å². The molecule has 0 fully saturated rings. The van der Waals surface area contributed by atoms with E-state index in [4.69, 9.17) is 4.99 Å². The van der Waals surface area contributed by atoms with Crippen molar-refractivity contribution < 1.29 is 4.79 Å². The third-order valence-corrected chi connectivity index (χ3v) is 5.82. The second kappa shape index (κ2) is 10.3. The van der Waals surface area contributed by atoms with Gasteiger partial charge in [-0.3, -0.25) is 15.1 Å². The van der Waals surface area contributed by atoms with Crippen LogP contribution in [0.4, 0.5) is 11.4 Å². The summed E-state index contributed by atoms with van der Waals surface area (Å²) in [5.74, 6) is 0.235. The zero-order valence-electron chi connectivity index (χ0n) is 20.1. The van der Waals surface area contributed by atoms with Crippen LogP contribution in [-0.2, 0) is 6.42 Å². The summed E-state index contributed by atoms with van der Waals surface area (Å²) in [6, 6.07) is 21.9. The highest BCUT2D eigenvalue weighted by Crippen LogP contribution is 2.19. The van der Waals surface area contributed by atoms with Crippen LogP contribution in [0, 0.1) is 13.8 Å². The number of hydrogen-bond acceptors (Lipinski definition) is 3. The fraction of sp³-hybridized carbons (Fsp3) is 0.214. The number of carbonyl (C=O) groups excluding carboxylic acids is 1. The average molecular weight is 454 g/mol.